The molecule has 0 aliphatic heterocycles. The number of nitrogens with zero attached hydrogens (tertiary/aromatic N) is 3. The molecule has 0 fully saturated rings. The predicted octanol–water partition coefficient (Wildman–Crippen LogP) is 7.78. The van der Waals surface area contributed by atoms with Gasteiger partial charge in [-0.05, 0) is 12.5 Å². The largest absolute Gasteiger partial charge is 0.345 e. The van der Waals surface area contributed by atoms with Crippen LogP contribution in [0.15, 0.2) is 55.0 Å². The van der Waals surface area contributed by atoms with Crippen molar-refractivity contribution in [2.45, 2.75) is 82.1 Å². The molecular weight excluding hydrogens is 356 g/mol. The fourth-order valence-electron chi connectivity index (χ4n) is 1.91. The van der Waals surface area contributed by atoms with E-state index < -0.39 is 0 Å². The Balaban J connectivity index is -0.000000403. The topological polar surface area (TPSA) is 54.5 Å². The van der Waals surface area contributed by atoms with Crippen molar-refractivity contribution in [1.82, 2.24) is 19.9 Å². The lowest BCUT2D eigenvalue weighted by atomic mass is 10.2. The fourth-order valence-corrected chi connectivity index (χ4v) is 1.91. The van der Waals surface area contributed by atoms with E-state index in [0.717, 1.165) is 35.7 Å². The molecule has 164 valence electrons. The highest BCUT2D eigenvalue weighted by atomic mass is 15.0. The van der Waals surface area contributed by atoms with Gasteiger partial charge in [-0.2, -0.15) is 0 Å². The summed E-state index contributed by atoms with van der Waals surface area (Å²) in [6, 6.07) is 13.9. The van der Waals surface area contributed by atoms with Gasteiger partial charge in [0.2, 0.25) is 0 Å². The summed E-state index contributed by atoms with van der Waals surface area (Å²) in [7, 11) is 0. The predicted molar refractivity (Wildman–Crippen MR) is 130 cm³/mol. The molecule has 0 unspecified atom stereocenters. The molecule has 0 atom stereocenters. The maximum atomic E-state index is 4.52. The average molecular weight is 401 g/mol. The molecule has 1 aromatic carbocycles. The third-order valence-electron chi connectivity index (χ3n) is 3.01. The van der Waals surface area contributed by atoms with Crippen molar-refractivity contribution in [3.63, 3.8) is 0 Å². The molecular formula is C25H44N4. The van der Waals surface area contributed by atoms with Crippen molar-refractivity contribution < 1.29 is 0 Å². The molecule has 0 saturated heterocycles. The minimum Gasteiger partial charge on any atom is -0.345 e. The summed E-state index contributed by atoms with van der Waals surface area (Å²) in [5.74, 6) is 1.01. The minimum absolute atomic E-state index is 0.887. The van der Waals surface area contributed by atoms with Crippen LogP contribution in [0, 0.1) is 0 Å². The summed E-state index contributed by atoms with van der Waals surface area (Å²) in [4.78, 5) is 15.9. The molecule has 0 bridgehead atoms. The molecule has 4 nitrogen and oxygen atoms in total. The van der Waals surface area contributed by atoms with Gasteiger partial charge in [-0.15, -0.1) is 0 Å². The van der Waals surface area contributed by atoms with E-state index in [0.29, 0.717) is 0 Å². The van der Waals surface area contributed by atoms with Gasteiger partial charge in [-0.3, -0.25) is 0 Å². The first-order valence-electron chi connectivity index (χ1n) is 11.2. The molecule has 4 heteroatoms. The Labute approximate surface area is 180 Å². The molecule has 2 heterocycles. The monoisotopic (exact) mass is 400 g/mol. The summed E-state index contributed by atoms with van der Waals surface area (Å²) in [6.07, 6.45) is 5.14. The van der Waals surface area contributed by atoms with E-state index in [1.165, 1.54) is 0 Å². The average Bonchev–Trinajstić information content (AvgIpc) is 3.30. The van der Waals surface area contributed by atoms with Gasteiger partial charge in [0, 0.05) is 18.3 Å². The summed E-state index contributed by atoms with van der Waals surface area (Å²) in [5, 5.41) is 0. The number of H-pyrrole nitrogens is 1. The lowest BCUT2D eigenvalue weighted by Gasteiger charge is -1.97. The molecule has 0 saturated carbocycles. The number of aryl methyl sites for hydroxylation is 2. The Morgan fingerprint density at radius 1 is 0.724 bits per heavy atom. The van der Waals surface area contributed by atoms with Gasteiger partial charge >= 0.3 is 0 Å². The number of aromatic amines is 1. The SMILES string of the molecule is CC.CC.CC.CC.CCc1nc(-c2ccncn2)c(CC)[nH]1.c1ccccc1. The first kappa shape index (κ1) is 31.2. The van der Waals surface area contributed by atoms with E-state index in [2.05, 4.69) is 33.8 Å². The van der Waals surface area contributed by atoms with Crippen molar-refractivity contribution in [3.05, 3.63) is 66.5 Å². The Hall–Kier alpha value is -2.49. The van der Waals surface area contributed by atoms with Crippen LogP contribution in [0.4, 0.5) is 0 Å². The second-order valence-corrected chi connectivity index (χ2v) is 4.47. The molecule has 29 heavy (non-hydrogen) atoms. The molecule has 3 rings (SSSR count). The van der Waals surface area contributed by atoms with Crippen LogP contribution in [0.2, 0.25) is 0 Å². The zero-order valence-electron chi connectivity index (χ0n) is 20.5. The Morgan fingerprint density at radius 3 is 1.55 bits per heavy atom. The molecule has 0 aliphatic rings. The van der Waals surface area contributed by atoms with Gasteiger partial charge in [0.1, 0.15) is 17.8 Å². The second kappa shape index (κ2) is 25.5. The van der Waals surface area contributed by atoms with Crippen LogP contribution >= 0.6 is 0 Å². The van der Waals surface area contributed by atoms with Crippen LogP contribution in [0.1, 0.15) is 80.8 Å². The van der Waals surface area contributed by atoms with Crippen molar-refractivity contribution in [1.29, 1.82) is 0 Å². The quantitative estimate of drug-likeness (QED) is 0.488. The van der Waals surface area contributed by atoms with Crippen LogP contribution in [0.3, 0.4) is 0 Å². The Kier molecular flexibility index (Phi) is 27.5. The molecule has 0 amide bonds. The Morgan fingerprint density at radius 2 is 1.21 bits per heavy atom. The summed E-state index contributed by atoms with van der Waals surface area (Å²) in [6.45, 7) is 20.2. The van der Waals surface area contributed by atoms with Crippen molar-refractivity contribution in [3.8, 4) is 11.4 Å². The maximum Gasteiger partial charge on any atom is 0.116 e. The van der Waals surface area contributed by atoms with E-state index in [9.17, 15) is 0 Å². The number of hydrogen-bond acceptors (Lipinski definition) is 3. The van der Waals surface area contributed by atoms with Gasteiger partial charge in [-0.1, -0.05) is 106 Å². The molecule has 2 aromatic heterocycles. The zero-order valence-corrected chi connectivity index (χ0v) is 20.5. The number of nitrogens with one attached hydrogen (secondary N) is 1. The standard InChI is InChI=1S/C11H14N4.C6H6.4C2H6/c1-3-8-11(15-10(4-2)14-8)9-5-6-12-7-13-9;1-2-4-6-5-3-1;4*1-2/h5-7H,3-4H2,1-2H3,(H,14,15);1-6H;4*1-2H3. The van der Waals surface area contributed by atoms with Crippen LogP contribution in [0.5, 0.6) is 0 Å². The van der Waals surface area contributed by atoms with Crippen molar-refractivity contribution >= 4 is 0 Å². The highest BCUT2D eigenvalue weighted by Gasteiger charge is 2.10. The molecule has 0 radical (unpaired) electrons. The number of rotatable bonds is 3. The van der Waals surface area contributed by atoms with Crippen LogP contribution in [0.25, 0.3) is 11.4 Å². The lowest BCUT2D eigenvalue weighted by Crippen LogP contribution is -1.89. The van der Waals surface area contributed by atoms with Gasteiger partial charge < -0.3 is 4.98 Å². The first-order valence-corrected chi connectivity index (χ1v) is 11.2. The minimum atomic E-state index is 0.887. The van der Waals surface area contributed by atoms with E-state index >= 15 is 0 Å². The van der Waals surface area contributed by atoms with Gasteiger partial charge in [-0.25, -0.2) is 15.0 Å². The van der Waals surface area contributed by atoms with Gasteiger partial charge in [0.05, 0.1) is 5.69 Å². The van der Waals surface area contributed by atoms with Crippen LogP contribution in [-0.4, -0.2) is 19.9 Å². The third kappa shape index (κ3) is 14.2. The number of benzene rings is 1. The highest BCUT2D eigenvalue weighted by Crippen LogP contribution is 2.19. The molecule has 0 spiro atoms. The Bertz CT molecular complexity index is 608. The number of hydrogen-bond donors (Lipinski definition) is 1. The van der Waals surface area contributed by atoms with E-state index in [1.54, 1.807) is 12.5 Å². The van der Waals surface area contributed by atoms with Crippen LogP contribution < -0.4 is 0 Å². The molecule has 0 aliphatic carbocycles. The molecule has 3 aromatic rings. The highest BCUT2D eigenvalue weighted by molar-refractivity contribution is 5.56. The molecule has 1 N–H and O–H groups in total. The van der Waals surface area contributed by atoms with Crippen LogP contribution in [-0.2, 0) is 12.8 Å². The summed E-state index contributed by atoms with van der Waals surface area (Å²) in [5.41, 5.74) is 2.99. The third-order valence-corrected chi connectivity index (χ3v) is 3.01. The summed E-state index contributed by atoms with van der Waals surface area (Å²) >= 11 is 0. The maximum absolute atomic E-state index is 4.52. The number of aromatic nitrogens is 4. The van der Waals surface area contributed by atoms with E-state index in [-0.39, 0.29) is 0 Å². The summed E-state index contributed by atoms with van der Waals surface area (Å²) < 4.78 is 0. The first-order chi connectivity index (χ1) is 14.3. The van der Waals surface area contributed by atoms with Crippen molar-refractivity contribution in [2.24, 2.45) is 0 Å². The fraction of sp³-hybridized carbons (Fsp3) is 0.480. The second-order valence-electron chi connectivity index (χ2n) is 4.47. The smallest absolute Gasteiger partial charge is 0.116 e. The normalized spacial score (nSPS) is 7.93. The van der Waals surface area contributed by atoms with E-state index in [1.807, 2.05) is 97.9 Å². The van der Waals surface area contributed by atoms with Crippen molar-refractivity contribution in [2.75, 3.05) is 0 Å². The van der Waals surface area contributed by atoms with Gasteiger partial charge in [0.15, 0.2) is 0 Å². The lowest BCUT2D eigenvalue weighted by molar-refractivity contribution is 0.963. The zero-order chi connectivity index (χ0) is 22.9. The number of imidazole rings is 1. The van der Waals surface area contributed by atoms with Gasteiger partial charge in [0.25, 0.3) is 0 Å². The van der Waals surface area contributed by atoms with E-state index in [4.69, 9.17) is 0 Å².